The summed E-state index contributed by atoms with van der Waals surface area (Å²) in [6.45, 7) is 1.41. The lowest BCUT2D eigenvalue weighted by Crippen LogP contribution is -2.35. The standard InChI is InChI=1S/C14H17ClFNO3S/c1-9-7-10(8-12(13(9)16)21(15,19)20)14(18)17(2)11-5-3-4-6-11/h7-8,11H,3-6H2,1-2H3. The molecular weight excluding hydrogens is 317 g/mol. The number of hydrogen-bond donors (Lipinski definition) is 0. The van der Waals surface area contributed by atoms with E-state index < -0.39 is 19.8 Å². The van der Waals surface area contributed by atoms with Gasteiger partial charge >= 0.3 is 0 Å². The Morgan fingerprint density at radius 2 is 1.90 bits per heavy atom. The van der Waals surface area contributed by atoms with Gasteiger partial charge in [0.05, 0.1) is 0 Å². The van der Waals surface area contributed by atoms with E-state index >= 15 is 0 Å². The van der Waals surface area contributed by atoms with E-state index in [1.165, 1.54) is 13.0 Å². The number of rotatable bonds is 3. The summed E-state index contributed by atoms with van der Waals surface area (Å²) in [6, 6.07) is 2.52. The van der Waals surface area contributed by atoms with Crippen LogP contribution in [0.1, 0.15) is 41.6 Å². The number of aryl methyl sites for hydroxylation is 1. The number of carbonyl (C=O) groups excluding carboxylic acids is 1. The second-order valence-corrected chi connectivity index (χ2v) is 7.93. The van der Waals surface area contributed by atoms with E-state index in [2.05, 4.69) is 0 Å². The van der Waals surface area contributed by atoms with Crippen LogP contribution in [0.15, 0.2) is 17.0 Å². The maximum Gasteiger partial charge on any atom is 0.264 e. The first kappa shape index (κ1) is 16.2. The average molecular weight is 334 g/mol. The largest absolute Gasteiger partial charge is 0.339 e. The fourth-order valence-electron chi connectivity index (χ4n) is 2.70. The quantitative estimate of drug-likeness (QED) is 0.799. The molecule has 0 spiro atoms. The van der Waals surface area contributed by atoms with Gasteiger partial charge in [-0.1, -0.05) is 12.8 Å². The summed E-state index contributed by atoms with van der Waals surface area (Å²) in [6.07, 6.45) is 4.02. The van der Waals surface area contributed by atoms with Crippen molar-refractivity contribution in [3.63, 3.8) is 0 Å². The lowest BCUT2D eigenvalue weighted by Gasteiger charge is -2.24. The van der Waals surface area contributed by atoms with Gasteiger partial charge in [0.1, 0.15) is 10.7 Å². The maximum absolute atomic E-state index is 13.9. The van der Waals surface area contributed by atoms with Gasteiger partial charge in [-0.05, 0) is 37.5 Å². The summed E-state index contributed by atoms with van der Waals surface area (Å²) in [5, 5.41) is 0. The Balaban J connectivity index is 2.40. The Morgan fingerprint density at radius 3 is 2.43 bits per heavy atom. The van der Waals surface area contributed by atoms with Gasteiger partial charge < -0.3 is 4.90 Å². The number of benzene rings is 1. The van der Waals surface area contributed by atoms with Crippen LogP contribution in [0.25, 0.3) is 0 Å². The highest BCUT2D eigenvalue weighted by atomic mass is 35.7. The van der Waals surface area contributed by atoms with E-state index in [0.29, 0.717) is 0 Å². The molecule has 0 bridgehead atoms. The highest BCUT2D eigenvalue weighted by Gasteiger charge is 2.27. The maximum atomic E-state index is 13.9. The third-order valence-electron chi connectivity index (χ3n) is 3.92. The molecule has 1 aromatic rings. The molecule has 21 heavy (non-hydrogen) atoms. The number of hydrogen-bond acceptors (Lipinski definition) is 3. The van der Waals surface area contributed by atoms with E-state index in [1.807, 2.05) is 0 Å². The zero-order valence-corrected chi connectivity index (χ0v) is 13.5. The summed E-state index contributed by atoms with van der Waals surface area (Å²) in [5.74, 6) is -1.23. The van der Waals surface area contributed by atoms with Gasteiger partial charge in [0.25, 0.3) is 15.0 Å². The Hall–Kier alpha value is -1.14. The van der Waals surface area contributed by atoms with Gasteiger partial charge in [-0.25, -0.2) is 12.8 Å². The molecule has 1 amide bonds. The van der Waals surface area contributed by atoms with Crippen LogP contribution in [0.4, 0.5) is 4.39 Å². The summed E-state index contributed by atoms with van der Waals surface area (Å²) in [7, 11) is 2.68. The minimum atomic E-state index is -4.23. The van der Waals surface area contributed by atoms with Crippen molar-refractivity contribution in [1.82, 2.24) is 4.90 Å². The molecule has 0 unspecified atom stereocenters. The topological polar surface area (TPSA) is 54.5 Å². The molecule has 7 heteroatoms. The lowest BCUT2D eigenvalue weighted by atomic mass is 10.1. The van der Waals surface area contributed by atoms with Crippen molar-refractivity contribution in [3.05, 3.63) is 29.1 Å². The van der Waals surface area contributed by atoms with Crippen LogP contribution in [-0.2, 0) is 9.05 Å². The molecule has 2 rings (SSSR count). The second kappa shape index (κ2) is 5.93. The predicted octanol–water partition coefficient (Wildman–Crippen LogP) is 3.08. The number of halogens is 2. The zero-order chi connectivity index (χ0) is 15.8. The number of amides is 1. The molecule has 0 N–H and O–H groups in total. The smallest absolute Gasteiger partial charge is 0.264 e. The first-order chi connectivity index (χ1) is 9.71. The fraction of sp³-hybridized carbons (Fsp3) is 0.500. The molecule has 0 saturated heterocycles. The highest BCUT2D eigenvalue weighted by molar-refractivity contribution is 8.13. The predicted molar refractivity (Wildman–Crippen MR) is 78.5 cm³/mol. The van der Waals surface area contributed by atoms with Crippen molar-refractivity contribution in [2.75, 3.05) is 7.05 Å². The van der Waals surface area contributed by atoms with Gasteiger partial charge in [-0.3, -0.25) is 4.79 Å². The van der Waals surface area contributed by atoms with E-state index in [0.717, 1.165) is 31.7 Å². The molecular formula is C14H17ClFNO3S. The second-order valence-electron chi connectivity index (χ2n) is 5.40. The summed E-state index contributed by atoms with van der Waals surface area (Å²) < 4.78 is 36.7. The monoisotopic (exact) mass is 333 g/mol. The van der Waals surface area contributed by atoms with Crippen LogP contribution in [-0.4, -0.2) is 32.3 Å². The third-order valence-corrected chi connectivity index (χ3v) is 5.24. The number of carbonyl (C=O) groups is 1. The Labute approximate surface area is 128 Å². The molecule has 116 valence electrons. The van der Waals surface area contributed by atoms with E-state index in [1.54, 1.807) is 11.9 Å². The molecule has 0 atom stereocenters. The van der Waals surface area contributed by atoms with Crippen molar-refractivity contribution in [3.8, 4) is 0 Å². The van der Waals surface area contributed by atoms with Gasteiger partial charge in [0, 0.05) is 29.3 Å². The van der Waals surface area contributed by atoms with Crippen LogP contribution in [0, 0.1) is 12.7 Å². The van der Waals surface area contributed by atoms with Crippen LogP contribution in [0.2, 0.25) is 0 Å². The van der Waals surface area contributed by atoms with E-state index in [9.17, 15) is 17.6 Å². The zero-order valence-electron chi connectivity index (χ0n) is 11.9. The Bertz CT molecular complexity index is 669. The highest BCUT2D eigenvalue weighted by Crippen LogP contribution is 2.27. The summed E-state index contributed by atoms with van der Waals surface area (Å²) in [4.78, 5) is 13.4. The molecule has 0 aromatic heterocycles. The minimum Gasteiger partial charge on any atom is -0.339 e. The van der Waals surface area contributed by atoms with Crippen LogP contribution >= 0.6 is 10.7 Å². The SMILES string of the molecule is Cc1cc(C(=O)N(C)C2CCCC2)cc(S(=O)(=O)Cl)c1F. The van der Waals surface area contributed by atoms with Crippen molar-refractivity contribution in [2.45, 2.75) is 43.5 Å². The molecule has 1 aliphatic carbocycles. The average Bonchev–Trinajstić information content (AvgIpc) is 2.92. The first-order valence-electron chi connectivity index (χ1n) is 6.74. The molecule has 1 aliphatic rings. The van der Waals surface area contributed by atoms with Crippen LogP contribution < -0.4 is 0 Å². The van der Waals surface area contributed by atoms with Crippen LogP contribution in [0.5, 0.6) is 0 Å². The molecule has 1 fully saturated rings. The fourth-order valence-corrected chi connectivity index (χ4v) is 3.68. The Morgan fingerprint density at radius 1 is 1.33 bits per heavy atom. The van der Waals surface area contributed by atoms with Gasteiger partial charge in [0.15, 0.2) is 0 Å². The van der Waals surface area contributed by atoms with Gasteiger partial charge in [0.2, 0.25) is 0 Å². The number of nitrogens with zero attached hydrogens (tertiary/aromatic N) is 1. The van der Waals surface area contributed by atoms with Gasteiger partial charge in [-0.2, -0.15) is 0 Å². The van der Waals surface area contributed by atoms with Crippen molar-refractivity contribution in [1.29, 1.82) is 0 Å². The molecule has 0 heterocycles. The van der Waals surface area contributed by atoms with E-state index in [4.69, 9.17) is 10.7 Å². The molecule has 1 saturated carbocycles. The van der Waals surface area contributed by atoms with Crippen molar-refractivity contribution < 1.29 is 17.6 Å². The van der Waals surface area contributed by atoms with Crippen molar-refractivity contribution in [2.24, 2.45) is 0 Å². The molecule has 4 nitrogen and oxygen atoms in total. The molecule has 0 aliphatic heterocycles. The Kier molecular flexibility index (Phi) is 4.58. The summed E-state index contributed by atoms with van der Waals surface area (Å²) in [5.41, 5.74) is 0.224. The normalized spacial score (nSPS) is 16.2. The molecule has 0 radical (unpaired) electrons. The lowest BCUT2D eigenvalue weighted by molar-refractivity contribution is 0.0734. The first-order valence-corrected chi connectivity index (χ1v) is 9.04. The third kappa shape index (κ3) is 3.37. The van der Waals surface area contributed by atoms with Crippen LogP contribution in [0.3, 0.4) is 0 Å². The van der Waals surface area contributed by atoms with E-state index in [-0.39, 0.29) is 23.1 Å². The molecule has 1 aromatic carbocycles. The minimum absolute atomic E-state index is 0.0832. The van der Waals surface area contributed by atoms with Crippen molar-refractivity contribution >= 4 is 25.6 Å². The van der Waals surface area contributed by atoms with Gasteiger partial charge in [-0.15, -0.1) is 0 Å². The summed E-state index contributed by atoms with van der Waals surface area (Å²) >= 11 is 0.